The van der Waals surface area contributed by atoms with Gasteiger partial charge in [0.15, 0.2) is 0 Å². The van der Waals surface area contributed by atoms with Gasteiger partial charge in [0, 0.05) is 45.7 Å². The monoisotopic (exact) mass is 415 g/mol. The van der Waals surface area contributed by atoms with Gasteiger partial charge in [0.05, 0.1) is 26.0 Å². The molecule has 0 spiro atoms. The Morgan fingerprint density at radius 1 is 1.30 bits per heavy atom. The summed E-state index contributed by atoms with van der Waals surface area (Å²) in [5.41, 5.74) is 0.908. The molecule has 2 aliphatic rings. The van der Waals surface area contributed by atoms with E-state index in [1.165, 1.54) is 0 Å². The summed E-state index contributed by atoms with van der Waals surface area (Å²) in [6, 6.07) is 3.93. The first kappa shape index (κ1) is 22.1. The first-order valence-corrected chi connectivity index (χ1v) is 10.5. The van der Waals surface area contributed by atoms with Crippen molar-refractivity contribution in [3.8, 4) is 11.6 Å². The molecule has 0 saturated carbocycles. The Kier molecular flexibility index (Phi) is 7.68. The third-order valence-electron chi connectivity index (χ3n) is 5.62. The van der Waals surface area contributed by atoms with E-state index in [-0.39, 0.29) is 12.1 Å². The molecule has 1 aromatic heterocycles. The third kappa shape index (κ3) is 5.72. The minimum Gasteiger partial charge on any atom is -0.489 e. The van der Waals surface area contributed by atoms with Crippen LogP contribution in [-0.2, 0) is 4.74 Å². The van der Waals surface area contributed by atoms with Crippen LogP contribution in [0.15, 0.2) is 35.0 Å². The van der Waals surface area contributed by atoms with Crippen molar-refractivity contribution >= 4 is 11.7 Å². The van der Waals surface area contributed by atoms with Crippen molar-refractivity contribution in [3.63, 3.8) is 0 Å². The molecule has 2 N–H and O–H groups in total. The number of ether oxygens (including phenoxy) is 3. The zero-order valence-electron chi connectivity index (χ0n) is 18.4. The van der Waals surface area contributed by atoms with Crippen LogP contribution in [0.25, 0.3) is 0 Å². The molecule has 0 bridgehead atoms. The second kappa shape index (κ2) is 10.4. The molecular weight excluding hydrogens is 382 g/mol. The van der Waals surface area contributed by atoms with Crippen LogP contribution in [0.1, 0.15) is 26.7 Å². The maximum Gasteiger partial charge on any atom is 0.213 e. The fourth-order valence-corrected chi connectivity index (χ4v) is 3.69. The predicted molar refractivity (Wildman–Crippen MR) is 118 cm³/mol. The number of aliphatic imine (C=N–C) groups is 1. The molecular formula is C22H33N5O3. The molecule has 0 amide bonds. The number of pyridine rings is 1. The smallest absolute Gasteiger partial charge is 0.213 e. The van der Waals surface area contributed by atoms with Gasteiger partial charge in [-0.3, -0.25) is 10.4 Å². The van der Waals surface area contributed by atoms with E-state index in [1.807, 2.05) is 19.1 Å². The topological polar surface area (TPSA) is 92.1 Å². The summed E-state index contributed by atoms with van der Waals surface area (Å²) in [7, 11) is 3.31. The van der Waals surface area contributed by atoms with Crippen molar-refractivity contribution in [2.24, 2.45) is 10.9 Å². The van der Waals surface area contributed by atoms with Crippen LogP contribution >= 0.6 is 0 Å². The Morgan fingerprint density at radius 3 is 2.70 bits per heavy atom. The summed E-state index contributed by atoms with van der Waals surface area (Å²) >= 11 is 0. The van der Waals surface area contributed by atoms with Crippen LogP contribution in [-0.4, -0.2) is 74.2 Å². The maximum atomic E-state index is 8.60. The van der Waals surface area contributed by atoms with Gasteiger partial charge in [0.1, 0.15) is 23.5 Å². The van der Waals surface area contributed by atoms with Crippen molar-refractivity contribution in [3.05, 3.63) is 30.0 Å². The van der Waals surface area contributed by atoms with Crippen LogP contribution in [0, 0.1) is 11.3 Å². The van der Waals surface area contributed by atoms with Crippen LogP contribution in [0.5, 0.6) is 11.6 Å². The van der Waals surface area contributed by atoms with E-state index in [2.05, 4.69) is 27.1 Å². The highest BCUT2D eigenvalue weighted by Gasteiger charge is 2.25. The van der Waals surface area contributed by atoms with Crippen LogP contribution in [0.3, 0.4) is 0 Å². The Balaban J connectivity index is 1.51. The van der Waals surface area contributed by atoms with Gasteiger partial charge in [-0.2, -0.15) is 0 Å². The van der Waals surface area contributed by atoms with Crippen LogP contribution < -0.4 is 14.8 Å². The maximum absolute atomic E-state index is 8.60. The summed E-state index contributed by atoms with van der Waals surface area (Å²) in [5, 5.41) is 12.0. The van der Waals surface area contributed by atoms with Gasteiger partial charge in [-0.15, -0.1) is 0 Å². The average Bonchev–Trinajstić information content (AvgIpc) is 2.77. The highest BCUT2D eigenvalue weighted by atomic mass is 16.5. The largest absolute Gasteiger partial charge is 0.489 e. The fourth-order valence-electron chi connectivity index (χ4n) is 3.69. The normalized spacial score (nSPS) is 22.9. The second-order valence-corrected chi connectivity index (χ2v) is 7.93. The number of amidine groups is 2. The minimum absolute atomic E-state index is 0.134. The molecule has 0 aromatic carbocycles. The zero-order chi connectivity index (χ0) is 21.5. The standard InChI is InChI=1S/C22H33N5O3/c1-15(11-20-24-12-16(2)19(26-20)14-28-3)22(23)27-9-7-17(8-10-27)30-18-5-6-21(29-4)25-13-18/h5-6,11,13,16-17,19,23H,7-10,12,14H2,1-4H3,(H,24,26)/b15-11-,23-22?. The van der Waals surface area contributed by atoms with Crippen molar-refractivity contribution in [2.45, 2.75) is 38.8 Å². The molecule has 8 nitrogen and oxygen atoms in total. The van der Waals surface area contributed by atoms with Gasteiger partial charge in [0.25, 0.3) is 0 Å². The molecule has 1 fully saturated rings. The highest BCUT2D eigenvalue weighted by molar-refractivity contribution is 6.04. The van der Waals surface area contributed by atoms with Gasteiger partial charge in [-0.25, -0.2) is 4.98 Å². The number of piperidine rings is 1. The Labute approximate surface area is 178 Å². The molecule has 30 heavy (non-hydrogen) atoms. The average molecular weight is 416 g/mol. The van der Waals surface area contributed by atoms with Crippen molar-refractivity contribution in [1.82, 2.24) is 15.2 Å². The SMILES string of the molecule is COCC1NC(/C=C(/C)C(=N)N2CCC(Oc3ccc(OC)nc3)CC2)=NCC1C. The summed E-state index contributed by atoms with van der Waals surface area (Å²) in [5.74, 6) is 3.14. The molecule has 1 aromatic rings. The highest BCUT2D eigenvalue weighted by Crippen LogP contribution is 2.21. The number of nitrogens with zero attached hydrogens (tertiary/aromatic N) is 3. The molecule has 1 saturated heterocycles. The van der Waals surface area contributed by atoms with Gasteiger partial charge >= 0.3 is 0 Å². The van der Waals surface area contributed by atoms with Gasteiger partial charge in [-0.05, 0) is 30.6 Å². The van der Waals surface area contributed by atoms with E-state index in [9.17, 15) is 0 Å². The van der Waals surface area contributed by atoms with Crippen molar-refractivity contribution in [2.75, 3.05) is 40.5 Å². The molecule has 3 rings (SSSR count). The first-order valence-electron chi connectivity index (χ1n) is 10.5. The number of rotatable bonds is 7. The van der Waals surface area contributed by atoms with Crippen LogP contribution in [0.4, 0.5) is 0 Å². The number of methoxy groups -OCH3 is 2. The lowest BCUT2D eigenvalue weighted by atomic mass is 10.0. The fraction of sp³-hybridized carbons (Fsp3) is 0.591. The molecule has 2 atom stereocenters. The summed E-state index contributed by atoms with van der Waals surface area (Å²) < 4.78 is 16.4. The van der Waals surface area contributed by atoms with Crippen LogP contribution in [0.2, 0.25) is 0 Å². The van der Waals surface area contributed by atoms with E-state index < -0.39 is 0 Å². The summed E-state index contributed by atoms with van der Waals surface area (Å²) in [4.78, 5) is 10.9. The zero-order valence-corrected chi connectivity index (χ0v) is 18.4. The Bertz CT molecular complexity index is 769. The van der Waals surface area contributed by atoms with E-state index >= 15 is 0 Å². The molecule has 164 valence electrons. The summed E-state index contributed by atoms with van der Waals surface area (Å²) in [6.07, 6.45) is 5.54. The lowest BCUT2D eigenvalue weighted by molar-refractivity contribution is 0.130. The first-order chi connectivity index (χ1) is 14.5. The lowest BCUT2D eigenvalue weighted by Crippen LogP contribution is -2.47. The van der Waals surface area contributed by atoms with Crippen molar-refractivity contribution < 1.29 is 14.2 Å². The number of likely N-dealkylation sites (tertiary alicyclic amines) is 1. The van der Waals surface area contributed by atoms with E-state index in [0.717, 1.165) is 49.6 Å². The van der Waals surface area contributed by atoms with Gasteiger partial charge in [-0.1, -0.05) is 6.92 Å². The number of hydrogen-bond donors (Lipinski definition) is 2. The lowest BCUT2D eigenvalue weighted by Gasteiger charge is -2.34. The van der Waals surface area contributed by atoms with Crippen molar-refractivity contribution in [1.29, 1.82) is 5.41 Å². The molecule has 0 aliphatic carbocycles. The van der Waals surface area contributed by atoms with E-state index in [4.69, 9.17) is 19.6 Å². The summed E-state index contributed by atoms with van der Waals surface area (Å²) in [6.45, 7) is 7.16. The Hall–Kier alpha value is -2.61. The molecule has 0 radical (unpaired) electrons. The Morgan fingerprint density at radius 2 is 2.07 bits per heavy atom. The molecule has 3 heterocycles. The minimum atomic E-state index is 0.134. The number of aromatic nitrogens is 1. The molecule has 2 unspecified atom stereocenters. The molecule has 2 aliphatic heterocycles. The quantitative estimate of drug-likeness (QED) is 0.525. The van der Waals surface area contributed by atoms with E-state index in [0.29, 0.717) is 24.2 Å². The van der Waals surface area contributed by atoms with Gasteiger partial charge < -0.3 is 24.4 Å². The third-order valence-corrected chi connectivity index (χ3v) is 5.62. The number of hydrogen-bond acceptors (Lipinski definition) is 7. The molecule has 8 heteroatoms. The number of nitrogens with one attached hydrogen (secondary N) is 2. The second-order valence-electron chi connectivity index (χ2n) is 7.93. The predicted octanol–water partition coefficient (Wildman–Crippen LogP) is 2.51. The van der Waals surface area contributed by atoms with Gasteiger partial charge in [0.2, 0.25) is 5.88 Å². The van der Waals surface area contributed by atoms with E-state index in [1.54, 1.807) is 26.5 Å².